The molecule has 0 unspecified atom stereocenters. The maximum atomic E-state index is 12.0. The first-order valence-corrected chi connectivity index (χ1v) is 7.11. The Morgan fingerprint density at radius 3 is 2.33 bits per heavy atom. The van der Waals surface area contributed by atoms with Gasteiger partial charge in [0.25, 0.3) is 0 Å². The predicted molar refractivity (Wildman–Crippen MR) is 75.0 cm³/mol. The minimum atomic E-state index is -0.902. The first-order valence-electron chi connectivity index (χ1n) is 7.11. The Morgan fingerprint density at radius 1 is 1.14 bits per heavy atom. The van der Waals surface area contributed by atoms with Crippen molar-refractivity contribution < 1.29 is 19.4 Å². The van der Waals surface area contributed by atoms with Crippen molar-refractivity contribution in [3.05, 3.63) is 35.9 Å². The lowest BCUT2D eigenvalue weighted by Crippen LogP contribution is -2.54. The molecule has 2 fully saturated rings. The summed E-state index contributed by atoms with van der Waals surface area (Å²) in [6.45, 7) is 1.80. The molecule has 1 aromatic rings. The summed E-state index contributed by atoms with van der Waals surface area (Å²) in [5, 5.41) is 9.12. The van der Waals surface area contributed by atoms with Crippen LogP contribution < -0.4 is 0 Å². The Labute approximate surface area is 122 Å². The molecule has 0 radical (unpaired) electrons. The van der Waals surface area contributed by atoms with E-state index in [1.807, 2.05) is 30.3 Å². The van der Waals surface area contributed by atoms with Crippen molar-refractivity contribution in [1.82, 2.24) is 9.80 Å². The molecule has 0 aromatic heterocycles. The number of benzene rings is 1. The molecule has 0 spiro atoms. The zero-order valence-corrected chi connectivity index (χ0v) is 11.7. The molecule has 0 saturated carbocycles. The van der Waals surface area contributed by atoms with Crippen LogP contribution in [-0.4, -0.2) is 53.3 Å². The predicted octanol–water partition coefficient (Wildman–Crippen LogP) is 2.11. The fraction of sp³-hybridized carbons (Fsp3) is 0.467. The highest BCUT2D eigenvalue weighted by molar-refractivity contribution is 5.71. The van der Waals surface area contributed by atoms with Crippen LogP contribution in [-0.2, 0) is 10.3 Å². The third-order valence-corrected chi connectivity index (χ3v) is 4.45. The molecule has 2 amide bonds. The summed E-state index contributed by atoms with van der Waals surface area (Å²) in [6, 6.07) is 9.83. The van der Waals surface area contributed by atoms with Crippen molar-refractivity contribution in [1.29, 1.82) is 0 Å². The van der Waals surface area contributed by atoms with Crippen LogP contribution >= 0.6 is 0 Å². The summed E-state index contributed by atoms with van der Waals surface area (Å²) in [7, 11) is 0. The van der Waals surface area contributed by atoms with Gasteiger partial charge in [-0.05, 0) is 18.4 Å². The van der Waals surface area contributed by atoms with E-state index in [9.17, 15) is 9.59 Å². The van der Waals surface area contributed by atoms with E-state index in [0.717, 1.165) is 5.56 Å². The third kappa shape index (κ3) is 2.30. The molecule has 21 heavy (non-hydrogen) atoms. The van der Waals surface area contributed by atoms with Gasteiger partial charge in [0.15, 0.2) is 0 Å². The second-order valence-electron chi connectivity index (χ2n) is 5.43. The van der Waals surface area contributed by atoms with Gasteiger partial charge in [0.1, 0.15) is 6.61 Å². The van der Waals surface area contributed by atoms with Gasteiger partial charge in [0.2, 0.25) is 0 Å². The zero-order valence-electron chi connectivity index (χ0n) is 11.7. The monoisotopic (exact) mass is 290 g/mol. The molecule has 6 nitrogen and oxygen atoms in total. The van der Waals surface area contributed by atoms with Gasteiger partial charge in [-0.1, -0.05) is 30.3 Å². The smallest absolute Gasteiger partial charge is 0.410 e. The number of carbonyl (C=O) groups is 2. The Morgan fingerprint density at radius 2 is 1.81 bits per heavy atom. The van der Waals surface area contributed by atoms with Crippen molar-refractivity contribution in [2.45, 2.75) is 18.4 Å². The lowest BCUT2D eigenvalue weighted by molar-refractivity contribution is 0.0490. The van der Waals surface area contributed by atoms with Gasteiger partial charge in [-0.3, -0.25) is 4.90 Å². The molecular formula is C15H18N2O4. The van der Waals surface area contributed by atoms with Gasteiger partial charge >= 0.3 is 12.2 Å². The number of piperidine rings is 1. The largest absolute Gasteiger partial charge is 0.465 e. The summed E-state index contributed by atoms with van der Waals surface area (Å²) < 4.78 is 5.10. The number of amides is 2. The van der Waals surface area contributed by atoms with Gasteiger partial charge < -0.3 is 14.7 Å². The lowest BCUT2D eigenvalue weighted by Gasteiger charge is -2.46. The van der Waals surface area contributed by atoms with Crippen molar-refractivity contribution >= 4 is 12.2 Å². The molecule has 1 aromatic carbocycles. The first-order chi connectivity index (χ1) is 10.1. The molecule has 0 bridgehead atoms. The van der Waals surface area contributed by atoms with Crippen LogP contribution in [0.1, 0.15) is 18.4 Å². The Bertz CT molecular complexity index is 538. The second-order valence-corrected chi connectivity index (χ2v) is 5.43. The summed E-state index contributed by atoms with van der Waals surface area (Å²) in [5.74, 6) is 0. The van der Waals surface area contributed by atoms with Gasteiger partial charge in [-0.15, -0.1) is 0 Å². The molecule has 0 aliphatic carbocycles. The Kier molecular flexibility index (Phi) is 3.45. The topological polar surface area (TPSA) is 70.1 Å². The van der Waals surface area contributed by atoms with Crippen LogP contribution in [0.4, 0.5) is 9.59 Å². The maximum Gasteiger partial charge on any atom is 0.410 e. The highest BCUT2D eigenvalue weighted by Crippen LogP contribution is 2.40. The number of ether oxygens (including phenoxy) is 1. The summed E-state index contributed by atoms with van der Waals surface area (Å²) in [4.78, 5) is 26.3. The SMILES string of the molecule is O=C(O)N1CCC(c2ccccc2)(N2CCOC2=O)CC1. The standard InChI is InChI=1S/C15H18N2O4/c18-13(19)16-8-6-15(7-9-16,12-4-2-1-3-5-12)17-10-11-21-14(17)20/h1-5H,6-11H2,(H,18,19). The summed E-state index contributed by atoms with van der Waals surface area (Å²) in [6.07, 6.45) is -0.0140. The normalized spacial score (nSPS) is 21.2. The number of cyclic esters (lactones) is 1. The van der Waals surface area contributed by atoms with Crippen LogP contribution in [0.25, 0.3) is 0 Å². The molecular weight excluding hydrogens is 272 g/mol. The van der Waals surface area contributed by atoms with Gasteiger partial charge in [-0.2, -0.15) is 0 Å². The number of hydrogen-bond donors (Lipinski definition) is 1. The van der Waals surface area contributed by atoms with Gasteiger partial charge in [0.05, 0.1) is 12.1 Å². The number of rotatable bonds is 2. The van der Waals surface area contributed by atoms with E-state index in [-0.39, 0.29) is 6.09 Å². The molecule has 2 heterocycles. The molecule has 6 heteroatoms. The molecule has 3 rings (SSSR count). The fourth-order valence-electron chi connectivity index (χ4n) is 3.31. The lowest BCUT2D eigenvalue weighted by atomic mass is 9.79. The van der Waals surface area contributed by atoms with E-state index in [4.69, 9.17) is 9.84 Å². The van der Waals surface area contributed by atoms with E-state index in [1.165, 1.54) is 4.90 Å². The first kappa shape index (κ1) is 13.7. The number of hydrogen-bond acceptors (Lipinski definition) is 3. The minimum Gasteiger partial charge on any atom is -0.465 e. The fourth-order valence-corrected chi connectivity index (χ4v) is 3.31. The zero-order chi connectivity index (χ0) is 14.9. The van der Waals surface area contributed by atoms with Crippen LogP contribution in [0, 0.1) is 0 Å². The van der Waals surface area contributed by atoms with E-state index < -0.39 is 11.6 Å². The van der Waals surface area contributed by atoms with E-state index in [1.54, 1.807) is 4.90 Å². The van der Waals surface area contributed by atoms with E-state index >= 15 is 0 Å². The van der Waals surface area contributed by atoms with Gasteiger partial charge in [-0.25, -0.2) is 9.59 Å². The third-order valence-electron chi connectivity index (χ3n) is 4.45. The van der Waals surface area contributed by atoms with Crippen LogP contribution in [0.5, 0.6) is 0 Å². The van der Waals surface area contributed by atoms with E-state index in [0.29, 0.717) is 39.1 Å². The molecule has 0 atom stereocenters. The summed E-state index contributed by atoms with van der Waals surface area (Å²) >= 11 is 0. The van der Waals surface area contributed by atoms with E-state index in [2.05, 4.69) is 0 Å². The van der Waals surface area contributed by atoms with Crippen LogP contribution in [0.2, 0.25) is 0 Å². The maximum absolute atomic E-state index is 12.0. The summed E-state index contributed by atoms with van der Waals surface area (Å²) in [5.41, 5.74) is 0.592. The Balaban J connectivity index is 1.93. The number of nitrogens with zero attached hydrogens (tertiary/aromatic N) is 2. The second kappa shape index (κ2) is 5.27. The average Bonchev–Trinajstić information content (AvgIpc) is 2.95. The average molecular weight is 290 g/mol. The molecule has 2 aliphatic rings. The van der Waals surface area contributed by atoms with Crippen molar-refractivity contribution in [2.24, 2.45) is 0 Å². The van der Waals surface area contributed by atoms with Crippen molar-refractivity contribution in [3.8, 4) is 0 Å². The molecule has 1 N–H and O–H groups in total. The number of carboxylic acid groups (broad SMARTS) is 1. The number of likely N-dealkylation sites (tertiary alicyclic amines) is 1. The molecule has 112 valence electrons. The van der Waals surface area contributed by atoms with Crippen LogP contribution in [0.3, 0.4) is 0 Å². The quantitative estimate of drug-likeness (QED) is 0.905. The molecule has 2 aliphatic heterocycles. The van der Waals surface area contributed by atoms with Crippen molar-refractivity contribution in [3.63, 3.8) is 0 Å². The van der Waals surface area contributed by atoms with Crippen molar-refractivity contribution in [2.75, 3.05) is 26.2 Å². The highest BCUT2D eigenvalue weighted by Gasteiger charge is 2.46. The van der Waals surface area contributed by atoms with Gasteiger partial charge in [0, 0.05) is 13.1 Å². The van der Waals surface area contributed by atoms with Crippen LogP contribution in [0.15, 0.2) is 30.3 Å². The number of carbonyl (C=O) groups excluding carboxylic acids is 1. The molecule has 2 saturated heterocycles. The Hall–Kier alpha value is -2.24. The highest BCUT2D eigenvalue weighted by atomic mass is 16.6. The minimum absolute atomic E-state index is 0.303.